The minimum atomic E-state index is -0.339. The first-order chi connectivity index (χ1) is 16.5. The molecule has 0 atom stereocenters. The minimum absolute atomic E-state index is 0.132. The van der Waals surface area contributed by atoms with E-state index in [1.54, 1.807) is 41.3 Å². The van der Waals surface area contributed by atoms with Crippen LogP contribution in [-0.4, -0.2) is 11.8 Å². The molecule has 0 aliphatic carbocycles. The summed E-state index contributed by atoms with van der Waals surface area (Å²) in [5.41, 5.74) is 2.98. The minimum Gasteiger partial charge on any atom is -0.352 e. The normalized spacial score (nSPS) is 10.6. The van der Waals surface area contributed by atoms with E-state index in [-0.39, 0.29) is 36.4 Å². The number of thiophene rings is 1. The van der Waals surface area contributed by atoms with Crippen LogP contribution in [0.25, 0.3) is 0 Å². The molecule has 1 heterocycles. The molecule has 2 amide bonds. The van der Waals surface area contributed by atoms with Gasteiger partial charge in [-0.05, 0) is 64.5 Å². The molecule has 0 fully saturated rings. The topological polar surface area (TPSA) is 49.4 Å². The zero-order valence-corrected chi connectivity index (χ0v) is 19.0. The summed E-state index contributed by atoms with van der Waals surface area (Å²) in [6, 6.07) is 22.8. The van der Waals surface area contributed by atoms with Crippen LogP contribution in [0, 0.1) is 11.6 Å². The summed E-state index contributed by atoms with van der Waals surface area (Å²) in [5.74, 6) is -1.02. The largest absolute Gasteiger partial charge is 0.352 e. The van der Waals surface area contributed by atoms with Gasteiger partial charge in [0, 0.05) is 12.2 Å². The number of halogens is 2. The molecule has 172 valence electrons. The van der Waals surface area contributed by atoms with Crippen LogP contribution in [-0.2, 0) is 24.3 Å². The van der Waals surface area contributed by atoms with Crippen LogP contribution in [0.15, 0.2) is 90.3 Å². The van der Waals surface area contributed by atoms with E-state index in [1.807, 2.05) is 29.6 Å². The lowest BCUT2D eigenvalue weighted by Gasteiger charge is -2.23. The summed E-state index contributed by atoms with van der Waals surface area (Å²) < 4.78 is 26.4. The number of nitrogens with zero attached hydrogens (tertiary/aromatic N) is 1. The smallest absolute Gasteiger partial charge is 0.268 e. The Morgan fingerprint density at radius 3 is 2.12 bits per heavy atom. The first-order valence-corrected chi connectivity index (χ1v) is 11.6. The number of carbonyl (C=O) groups excluding carboxylic acids is 2. The molecule has 0 radical (unpaired) electrons. The quantitative estimate of drug-likeness (QED) is 0.353. The maximum absolute atomic E-state index is 13.4. The molecule has 34 heavy (non-hydrogen) atoms. The van der Waals surface area contributed by atoms with Gasteiger partial charge in [-0.2, -0.15) is 0 Å². The first-order valence-electron chi connectivity index (χ1n) is 10.7. The van der Waals surface area contributed by atoms with Crippen molar-refractivity contribution in [1.29, 1.82) is 0 Å². The molecule has 4 rings (SSSR count). The van der Waals surface area contributed by atoms with E-state index in [2.05, 4.69) is 5.32 Å². The second-order valence-corrected chi connectivity index (χ2v) is 8.69. The first kappa shape index (κ1) is 23.3. The highest BCUT2D eigenvalue weighted by atomic mass is 32.1. The molecular weight excluding hydrogens is 454 g/mol. The molecule has 4 nitrogen and oxygen atoms in total. The third-order valence-electron chi connectivity index (χ3n) is 5.22. The third kappa shape index (κ3) is 6.14. The molecule has 4 aromatic rings. The van der Waals surface area contributed by atoms with Crippen molar-refractivity contribution in [3.8, 4) is 0 Å². The van der Waals surface area contributed by atoms with Gasteiger partial charge in [-0.1, -0.05) is 42.5 Å². The lowest BCUT2D eigenvalue weighted by atomic mass is 10.1. The fraction of sp³-hybridized carbons (Fsp3) is 0.111. The Labute approximate surface area is 200 Å². The van der Waals surface area contributed by atoms with Gasteiger partial charge in [0.25, 0.3) is 5.91 Å². The van der Waals surface area contributed by atoms with Crippen LogP contribution in [0.3, 0.4) is 0 Å². The SMILES string of the molecule is O=C(Cc1cccc(N(Cc2ccc(F)cc2)C(=O)c2cccs2)c1)NCc1ccc(F)cc1. The Morgan fingerprint density at radius 1 is 0.794 bits per heavy atom. The molecule has 0 bridgehead atoms. The van der Waals surface area contributed by atoms with Gasteiger partial charge < -0.3 is 10.2 Å². The lowest BCUT2D eigenvalue weighted by Crippen LogP contribution is -2.30. The van der Waals surface area contributed by atoms with Gasteiger partial charge in [-0.3, -0.25) is 9.59 Å². The summed E-state index contributed by atoms with van der Waals surface area (Å²) in [4.78, 5) is 27.9. The number of rotatable bonds is 8. The third-order valence-corrected chi connectivity index (χ3v) is 6.08. The highest BCUT2D eigenvalue weighted by Crippen LogP contribution is 2.24. The highest BCUT2D eigenvalue weighted by molar-refractivity contribution is 7.12. The Morgan fingerprint density at radius 2 is 1.47 bits per heavy atom. The van der Waals surface area contributed by atoms with Gasteiger partial charge in [-0.25, -0.2) is 8.78 Å². The second kappa shape index (κ2) is 10.9. The average Bonchev–Trinajstić information content (AvgIpc) is 3.38. The summed E-state index contributed by atoms with van der Waals surface area (Å²) in [7, 11) is 0. The number of anilines is 1. The predicted octanol–water partition coefficient (Wildman–Crippen LogP) is 5.73. The molecule has 0 aliphatic heterocycles. The van der Waals surface area contributed by atoms with Crippen molar-refractivity contribution in [2.45, 2.75) is 19.5 Å². The monoisotopic (exact) mass is 476 g/mol. The fourth-order valence-corrected chi connectivity index (χ4v) is 4.14. The number of nitrogens with one attached hydrogen (secondary N) is 1. The van der Waals surface area contributed by atoms with Crippen molar-refractivity contribution in [3.63, 3.8) is 0 Å². The van der Waals surface area contributed by atoms with Crippen molar-refractivity contribution in [1.82, 2.24) is 5.32 Å². The molecule has 0 saturated heterocycles. The van der Waals surface area contributed by atoms with Gasteiger partial charge >= 0.3 is 0 Å². The fourth-order valence-electron chi connectivity index (χ4n) is 3.47. The Balaban J connectivity index is 1.50. The van der Waals surface area contributed by atoms with Crippen molar-refractivity contribution < 1.29 is 18.4 Å². The molecule has 7 heteroatoms. The van der Waals surface area contributed by atoms with E-state index >= 15 is 0 Å². The van der Waals surface area contributed by atoms with Gasteiger partial charge in [0.15, 0.2) is 0 Å². The second-order valence-electron chi connectivity index (χ2n) is 7.74. The molecule has 0 saturated carbocycles. The molecular formula is C27H22F2N2O2S. The van der Waals surface area contributed by atoms with E-state index in [0.29, 0.717) is 17.1 Å². The summed E-state index contributed by atoms with van der Waals surface area (Å²) in [6.45, 7) is 0.559. The maximum atomic E-state index is 13.4. The lowest BCUT2D eigenvalue weighted by molar-refractivity contribution is -0.120. The Kier molecular flexibility index (Phi) is 7.44. The van der Waals surface area contributed by atoms with Crippen LogP contribution in [0.4, 0.5) is 14.5 Å². The average molecular weight is 477 g/mol. The highest BCUT2D eigenvalue weighted by Gasteiger charge is 2.20. The van der Waals surface area contributed by atoms with Crippen LogP contribution in [0.2, 0.25) is 0 Å². The summed E-state index contributed by atoms with van der Waals surface area (Å²) >= 11 is 1.35. The van der Waals surface area contributed by atoms with Crippen molar-refractivity contribution in [2.75, 3.05) is 4.90 Å². The van der Waals surface area contributed by atoms with E-state index in [0.717, 1.165) is 16.7 Å². The van der Waals surface area contributed by atoms with E-state index in [1.165, 1.54) is 35.6 Å². The molecule has 1 N–H and O–H groups in total. The van der Waals surface area contributed by atoms with Crippen LogP contribution >= 0.6 is 11.3 Å². The van der Waals surface area contributed by atoms with Crippen molar-refractivity contribution >= 4 is 28.8 Å². The number of hydrogen-bond donors (Lipinski definition) is 1. The predicted molar refractivity (Wildman–Crippen MR) is 130 cm³/mol. The zero-order valence-electron chi connectivity index (χ0n) is 18.2. The number of benzene rings is 3. The van der Waals surface area contributed by atoms with Crippen molar-refractivity contribution in [3.05, 3.63) is 124 Å². The van der Waals surface area contributed by atoms with Gasteiger partial charge in [0.05, 0.1) is 17.8 Å². The number of amides is 2. The molecule has 0 spiro atoms. The number of hydrogen-bond acceptors (Lipinski definition) is 3. The molecule has 1 aromatic heterocycles. The zero-order chi connectivity index (χ0) is 23.9. The van der Waals surface area contributed by atoms with Crippen LogP contribution < -0.4 is 10.2 Å². The van der Waals surface area contributed by atoms with Gasteiger partial charge in [0.2, 0.25) is 5.91 Å². The number of carbonyl (C=O) groups is 2. The van der Waals surface area contributed by atoms with Gasteiger partial charge in [0.1, 0.15) is 11.6 Å². The van der Waals surface area contributed by atoms with E-state index in [9.17, 15) is 18.4 Å². The molecule has 0 unspecified atom stereocenters. The van der Waals surface area contributed by atoms with Gasteiger partial charge in [-0.15, -0.1) is 11.3 Å². The van der Waals surface area contributed by atoms with Crippen LogP contribution in [0.5, 0.6) is 0 Å². The summed E-state index contributed by atoms with van der Waals surface area (Å²) in [6.07, 6.45) is 0.132. The van der Waals surface area contributed by atoms with Crippen molar-refractivity contribution in [2.24, 2.45) is 0 Å². The van der Waals surface area contributed by atoms with E-state index in [4.69, 9.17) is 0 Å². The van der Waals surface area contributed by atoms with Crippen LogP contribution in [0.1, 0.15) is 26.4 Å². The standard InChI is InChI=1S/C27H22F2N2O2S/c28-22-10-6-19(7-11-22)17-30-26(32)16-21-3-1-4-24(15-21)31(27(33)25-5-2-14-34-25)18-20-8-12-23(29)13-9-20/h1-15H,16-18H2,(H,30,32). The Hall–Kier alpha value is -3.84. The maximum Gasteiger partial charge on any atom is 0.268 e. The summed E-state index contributed by atoms with van der Waals surface area (Å²) in [5, 5.41) is 4.67. The molecule has 0 aliphatic rings. The Bertz CT molecular complexity index is 1260. The van der Waals surface area contributed by atoms with E-state index < -0.39 is 0 Å². The molecule has 3 aromatic carbocycles.